The molecule has 112 valence electrons. The third-order valence-corrected chi connectivity index (χ3v) is 3.83. The Balaban J connectivity index is 2.01. The second-order valence-corrected chi connectivity index (χ2v) is 5.38. The van der Waals surface area contributed by atoms with E-state index in [4.69, 9.17) is 9.52 Å². The first kappa shape index (κ1) is 14.3. The Morgan fingerprint density at radius 1 is 1.41 bits per heavy atom. The lowest BCUT2D eigenvalue weighted by Crippen LogP contribution is -1.98. The lowest BCUT2D eigenvalue weighted by molar-refractivity contribution is -0.135. The van der Waals surface area contributed by atoms with Gasteiger partial charge in [-0.05, 0) is 65.9 Å². The molecule has 0 amide bonds. The molecule has 1 aromatic heterocycles. The predicted molar refractivity (Wildman–Crippen MR) is 82.6 cm³/mol. The van der Waals surface area contributed by atoms with Crippen LogP contribution >= 0.6 is 0 Å². The molecular weight excluding hydrogens is 283 g/mol. The highest BCUT2D eigenvalue weighted by atomic mass is 19.1. The van der Waals surface area contributed by atoms with E-state index in [1.54, 1.807) is 24.5 Å². The Morgan fingerprint density at radius 2 is 2.23 bits per heavy atom. The molecule has 0 spiro atoms. The van der Waals surface area contributed by atoms with Crippen LogP contribution < -0.4 is 0 Å². The molecule has 4 heteroatoms. The van der Waals surface area contributed by atoms with Gasteiger partial charge in [0, 0.05) is 0 Å². The molecule has 0 unspecified atom stereocenters. The number of benzene rings is 1. The number of halogens is 1. The maximum absolute atomic E-state index is 13.9. The highest BCUT2D eigenvalue weighted by Crippen LogP contribution is 2.38. The molecule has 0 radical (unpaired) electrons. The van der Waals surface area contributed by atoms with Crippen molar-refractivity contribution >= 4 is 23.7 Å². The molecule has 1 aliphatic carbocycles. The summed E-state index contributed by atoms with van der Waals surface area (Å²) in [4.78, 5) is 11.0. The van der Waals surface area contributed by atoms with Crippen LogP contribution in [0.3, 0.4) is 0 Å². The molecule has 3 nitrogen and oxygen atoms in total. The van der Waals surface area contributed by atoms with Gasteiger partial charge in [-0.25, -0.2) is 4.39 Å². The monoisotopic (exact) mass is 298 g/mol. The van der Waals surface area contributed by atoms with E-state index in [0.717, 1.165) is 22.3 Å². The molecule has 1 heterocycles. The molecule has 3 rings (SSSR count). The van der Waals surface area contributed by atoms with Gasteiger partial charge in [-0.2, -0.15) is 0 Å². The molecule has 1 aromatic carbocycles. The van der Waals surface area contributed by atoms with Gasteiger partial charge in [-0.1, -0.05) is 11.6 Å². The van der Waals surface area contributed by atoms with Crippen molar-refractivity contribution in [3.8, 4) is 0 Å². The van der Waals surface area contributed by atoms with Crippen molar-refractivity contribution in [2.24, 2.45) is 0 Å². The van der Waals surface area contributed by atoms with Crippen molar-refractivity contribution in [2.45, 2.75) is 19.8 Å². The summed E-state index contributed by atoms with van der Waals surface area (Å²) in [5.74, 6) is -0.582. The van der Waals surface area contributed by atoms with Crippen molar-refractivity contribution in [2.75, 3.05) is 0 Å². The molecule has 0 aliphatic heterocycles. The normalized spacial score (nSPS) is 13.9. The lowest BCUT2D eigenvalue weighted by atomic mass is 9.98. The molecule has 0 fully saturated rings. The van der Waals surface area contributed by atoms with Crippen LogP contribution in [0.5, 0.6) is 0 Å². The SMILES string of the molecule is CC1=C(CC(=O)O)c2cc(F)cc(/C=C/c3ccco3)c2C1. The minimum absolute atomic E-state index is 0.0797. The molecule has 22 heavy (non-hydrogen) atoms. The first-order valence-corrected chi connectivity index (χ1v) is 6.99. The van der Waals surface area contributed by atoms with E-state index in [9.17, 15) is 9.18 Å². The average Bonchev–Trinajstić information content (AvgIpc) is 3.06. The minimum atomic E-state index is -0.904. The smallest absolute Gasteiger partial charge is 0.307 e. The first-order chi connectivity index (χ1) is 10.5. The third kappa shape index (κ3) is 2.72. The van der Waals surface area contributed by atoms with E-state index >= 15 is 0 Å². The van der Waals surface area contributed by atoms with Crippen LogP contribution in [0.1, 0.15) is 35.8 Å². The van der Waals surface area contributed by atoms with Crippen LogP contribution in [0.2, 0.25) is 0 Å². The van der Waals surface area contributed by atoms with Crippen LogP contribution in [0.4, 0.5) is 4.39 Å². The van der Waals surface area contributed by atoms with Crippen molar-refractivity contribution in [3.63, 3.8) is 0 Å². The number of hydrogen-bond donors (Lipinski definition) is 1. The van der Waals surface area contributed by atoms with Crippen LogP contribution in [-0.4, -0.2) is 11.1 Å². The minimum Gasteiger partial charge on any atom is -0.481 e. The standard InChI is InChI=1S/C18H15FO3/c1-11-7-16-12(4-5-14-3-2-6-22-14)8-13(19)9-17(16)15(11)10-18(20)21/h2-6,8-9H,7,10H2,1H3,(H,20,21)/b5-4+. The van der Waals surface area contributed by atoms with Gasteiger partial charge in [-0.3, -0.25) is 4.79 Å². The molecule has 1 N–H and O–H groups in total. The van der Waals surface area contributed by atoms with Crippen molar-refractivity contribution in [1.82, 2.24) is 0 Å². The summed E-state index contributed by atoms with van der Waals surface area (Å²) in [5.41, 5.74) is 4.13. The number of furan rings is 1. The lowest BCUT2D eigenvalue weighted by Gasteiger charge is -2.07. The van der Waals surface area contributed by atoms with Gasteiger partial charge in [-0.15, -0.1) is 0 Å². The fourth-order valence-corrected chi connectivity index (χ4v) is 2.83. The van der Waals surface area contributed by atoms with Gasteiger partial charge in [0.05, 0.1) is 12.7 Å². The zero-order valence-corrected chi connectivity index (χ0v) is 12.1. The summed E-state index contributed by atoms with van der Waals surface area (Å²) in [5, 5.41) is 9.03. The Hall–Kier alpha value is -2.62. The number of carboxylic acids is 1. The zero-order chi connectivity index (χ0) is 15.7. The molecule has 0 saturated heterocycles. The number of allylic oxidation sites excluding steroid dienone is 1. The summed E-state index contributed by atoms with van der Waals surface area (Å²) in [7, 11) is 0. The second-order valence-electron chi connectivity index (χ2n) is 5.38. The van der Waals surface area contributed by atoms with Gasteiger partial charge < -0.3 is 9.52 Å². The van der Waals surface area contributed by atoms with E-state index in [1.165, 1.54) is 12.1 Å². The summed E-state index contributed by atoms with van der Waals surface area (Å²) in [6, 6.07) is 6.49. The largest absolute Gasteiger partial charge is 0.481 e. The van der Waals surface area contributed by atoms with Gasteiger partial charge in [0.15, 0.2) is 0 Å². The Bertz CT molecular complexity index is 783. The quantitative estimate of drug-likeness (QED) is 0.910. The fraction of sp³-hybridized carbons (Fsp3) is 0.167. The Kier molecular flexibility index (Phi) is 3.67. The van der Waals surface area contributed by atoms with E-state index in [1.807, 2.05) is 13.0 Å². The molecular formula is C18H15FO3. The second kappa shape index (κ2) is 5.64. The number of carbonyl (C=O) groups is 1. The van der Waals surface area contributed by atoms with Gasteiger partial charge >= 0.3 is 5.97 Å². The third-order valence-electron chi connectivity index (χ3n) is 3.83. The average molecular weight is 298 g/mol. The maximum atomic E-state index is 13.9. The summed E-state index contributed by atoms with van der Waals surface area (Å²) in [6.45, 7) is 1.90. The van der Waals surface area contributed by atoms with Crippen molar-refractivity contribution < 1.29 is 18.7 Å². The molecule has 0 saturated carbocycles. The van der Waals surface area contributed by atoms with E-state index in [0.29, 0.717) is 17.7 Å². The molecule has 0 bridgehead atoms. The van der Waals surface area contributed by atoms with Gasteiger partial charge in [0.1, 0.15) is 11.6 Å². The highest BCUT2D eigenvalue weighted by Gasteiger charge is 2.23. The molecule has 1 aliphatic rings. The molecule has 0 atom stereocenters. The fourth-order valence-electron chi connectivity index (χ4n) is 2.83. The Labute approximate surface area is 127 Å². The predicted octanol–water partition coefficient (Wildman–Crippen LogP) is 4.39. The molecule has 2 aromatic rings. The number of carboxylic acid groups (broad SMARTS) is 1. The van der Waals surface area contributed by atoms with Crippen LogP contribution in [-0.2, 0) is 11.2 Å². The number of hydrogen-bond acceptors (Lipinski definition) is 2. The van der Waals surface area contributed by atoms with E-state index in [-0.39, 0.29) is 12.2 Å². The highest BCUT2D eigenvalue weighted by molar-refractivity contribution is 5.90. The van der Waals surface area contributed by atoms with Crippen molar-refractivity contribution in [3.05, 3.63) is 64.4 Å². The van der Waals surface area contributed by atoms with Crippen molar-refractivity contribution in [1.29, 1.82) is 0 Å². The summed E-state index contributed by atoms with van der Waals surface area (Å²) < 4.78 is 19.1. The topological polar surface area (TPSA) is 50.4 Å². The zero-order valence-electron chi connectivity index (χ0n) is 12.1. The number of fused-ring (bicyclic) bond motifs is 1. The summed E-state index contributed by atoms with van der Waals surface area (Å²) in [6.07, 6.45) is 5.73. The summed E-state index contributed by atoms with van der Waals surface area (Å²) >= 11 is 0. The maximum Gasteiger partial charge on any atom is 0.307 e. The van der Waals surface area contributed by atoms with Crippen LogP contribution in [0, 0.1) is 5.82 Å². The van der Waals surface area contributed by atoms with Crippen LogP contribution in [0.25, 0.3) is 17.7 Å². The Morgan fingerprint density at radius 3 is 2.91 bits per heavy atom. The number of rotatable bonds is 4. The van der Waals surface area contributed by atoms with E-state index in [2.05, 4.69) is 0 Å². The van der Waals surface area contributed by atoms with Gasteiger partial charge in [0.25, 0.3) is 0 Å². The van der Waals surface area contributed by atoms with Gasteiger partial charge in [0.2, 0.25) is 0 Å². The first-order valence-electron chi connectivity index (χ1n) is 6.99. The van der Waals surface area contributed by atoms with Crippen LogP contribution in [0.15, 0.2) is 40.5 Å². The van der Waals surface area contributed by atoms with E-state index < -0.39 is 5.97 Å². The number of aliphatic carboxylic acids is 1.